The van der Waals surface area contributed by atoms with Crippen molar-refractivity contribution >= 4 is 13.3 Å². The molecule has 0 radical (unpaired) electrons. The Morgan fingerprint density at radius 1 is 0.950 bits per heavy atom. The number of hydrogen-bond acceptors (Lipinski definition) is 1. The van der Waals surface area contributed by atoms with Crippen LogP contribution in [-0.4, -0.2) is 8.07 Å². The van der Waals surface area contributed by atoms with Gasteiger partial charge in [0.2, 0.25) is 0 Å². The third-order valence-corrected chi connectivity index (χ3v) is 5.94. The minimum atomic E-state index is -1.38. The van der Waals surface area contributed by atoms with Crippen LogP contribution in [0.2, 0.25) is 19.6 Å². The van der Waals surface area contributed by atoms with E-state index in [1.165, 1.54) is 21.9 Å². The first-order valence-electron chi connectivity index (χ1n) is 7.29. The number of nitrogens with two attached hydrogens (primary N) is 1. The zero-order chi connectivity index (χ0) is 14.8. The van der Waals surface area contributed by atoms with Crippen molar-refractivity contribution in [3.8, 4) is 0 Å². The Kier molecular flexibility index (Phi) is 4.46. The third-order valence-electron chi connectivity index (χ3n) is 3.75. The fourth-order valence-electron chi connectivity index (χ4n) is 3.00. The molecule has 0 fully saturated rings. The zero-order valence-electron chi connectivity index (χ0n) is 13.0. The molecule has 2 rings (SSSR count). The summed E-state index contributed by atoms with van der Waals surface area (Å²) >= 11 is 0. The molecule has 20 heavy (non-hydrogen) atoms. The average Bonchev–Trinajstić information content (AvgIpc) is 2.38. The zero-order valence-corrected chi connectivity index (χ0v) is 14.0. The van der Waals surface area contributed by atoms with Crippen LogP contribution in [0.15, 0.2) is 48.5 Å². The first-order chi connectivity index (χ1) is 9.39. The van der Waals surface area contributed by atoms with Gasteiger partial charge >= 0.3 is 0 Å². The molecule has 0 aromatic heterocycles. The van der Waals surface area contributed by atoms with Crippen LogP contribution in [0, 0.1) is 6.92 Å². The van der Waals surface area contributed by atoms with Crippen molar-refractivity contribution in [2.45, 2.75) is 39.0 Å². The lowest BCUT2D eigenvalue weighted by atomic mass is 9.98. The second kappa shape index (κ2) is 5.94. The van der Waals surface area contributed by atoms with E-state index in [0.717, 1.165) is 6.42 Å². The highest BCUT2D eigenvalue weighted by Crippen LogP contribution is 2.19. The molecule has 2 N–H and O–H groups in total. The Bertz CT molecular complexity index is 570. The predicted octanol–water partition coefficient (Wildman–Crippen LogP) is 3.78. The van der Waals surface area contributed by atoms with Crippen LogP contribution >= 0.6 is 0 Å². The Hall–Kier alpha value is -1.38. The van der Waals surface area contributed by atoms with E-state index >= 15 is 0 Å². The van der Waals surface area contributed by atoms with Gasteiger partial charge in [-0.1, -0.05) is 78.9 Å². The van der Waals surface area contributed by atoms with Crippen molar-refractivity contribution in [2.24, 2.45) is 5.73 Å². The Morgan fingerprint density at radius 2 is 1.60 bits per heavy atom. The van der Waals surface area contributed by atoms with Gasteiger partial charge in [0, 0.05) is 6.04 Å². The Morgan fingerprint density at radius 3 is 2.20 bits per heavy atom. The number of rotatable bonds is 4. The second-order valence-electron chi connectivity index (χ2n) is 6.59. The molecule has 0 aliphatic rings. The van der Waals surface area contributed by atoms with Crippen LogP contribution in [0.1, 0.15) is 22.7 Å². The van der Waals surface area contributed by atoms with Gasteiger partial charge in [0.1, 0.15) is 0 Å². The summed E-state index contributed by atoms with van der Waals surface area (Å²) in [6.07, 6.45) is 0.905. The molecule has 0 heterocycles. The molecule has 0 aliphatic heterocycles. The first-order valence-corrected chi connectivity index (χ1v) is 10.8. The summed E-state index contributed by atoms with van der Waals surface area (Å²) in [5, 5.41) is 1.53. The average molecular weight is 283 g/mol. The molecule has 0 amide bonds. The van der Waals surface area contributed by atoms with Crippen LogP contribution in [-0.2, 0) is 6.42 Å². The van der Waals surface area contributed by atoms with Crippen molar-refractivity contribution in [3.05, 3.63) is 65.2 Å². The van der Waals surface area contributed by atoms with Crippen molar-refractivity contribution in [2.75, 3.05) is 0 Å². The van der Waals surface area contributed by atoms with Crippen LogP contribution in [0.5, 0.6) is 0 Å². The van der Waals surface area contributed by atoms with Gasteiger partial charge in [-0.25, -0.2) is 0 Å². The van der Waals surface area contributed by atoms with Crippen LogP contribution in [0.25, 0.3) is 0 Å². The molecule has 106 valence electrons. The summed E-state index contributed by atoms with van der Waals surface area (Å²) in [6, 6.07) is 17.2. The first kappa shape index (κ1) is 15.0. The molecule has 1 nitrogen and oxygen atoms in total. The SMILES string of the molecule is Cc1cccc(C(N)Cc2ccccc2)c1[Si](C)(C)C. The van der Waals surface area contributed by atoms with Gasteiger partial charge in [-0.15, -0.1) is 0 Å². The largest absolute Gasteiger partial charge is 0.324 e. The van der Waals surface area contributed by atoms with Crippen molar-refractivity contribution < 1.29 is 0 Å². The molecule has 0 aliphatic carbocycles. The molecular weight excluding hydrogens is 258 g/mol. The predicted molar refractivity (Wildman–Crippen MR) is 91.2 cm³/mol. The molecule has 2 aromatic rings. The Balaban J connectivity index is 2.35. The topological polar surface area (TPSA) is 26.0 Å². The molecule has 0 spiro atoms. The number of hydrogen-bond donors (Lipinski definition) is 1. The highest BCUT2D eigenvalue weighted by atomic mass is 28.3. The summed E-state index contributed by atoms with van der Waals surface area (Å²) in [7, 11) is -1.38. The normalized spacial score (nSPS) is 13.2. The van der Waals surface area contributed by atoms with E-state index in [9.17, 15) is 0 Å². The second-order valence-corrected chi connectivity index (χ2v) is 11.6. The van der Waals surface area contributed by atoms with E-state index in [1.54, 1.807) is 0 Å². The summed E-state index contributed by atoms with van der Waals surface area (Å²) in [5.41, 5.74) is 10.6. The van der Waals surface area contributed by atoms with Crippen molar-refractivity contribution in [3.63, 3.8) is 0 Å². The standard InChI is InChI=1S/C18H25NSi/c1-14-9-8-12-16(18(14)20(2,3)4)17(19)13-15-10-6-5-7-11-15/h5-12,17H,13,19H2,1-4H3. The summed E-state index contributed by atoms with van der Waals surface area (Å²) < 4.78 is 0. The molecule has 0 bridgehead atoms. The molecular formula is C18H25NSi. The maximum absolute atomic E-state index is 6.52. The highest BCUT2D eigenvalue weighted by Gasteiger charge is 2.24. The maximum atomic E-state index is 6.52. The van der Waals surface area contributed by atoms with E-state index in [-0.39, 0.29) is 6.04 Å². The van der Waals surface area contributed by atoms with Gasteiger partial charge in [-0.2, -0.15) is 0 Å². The molecule has 0 saturated carbocycles. The summed E-state index contributed by atoms with van der Waals surface area (Å²) in [4.78, 5) is 0. The fraction of sp³-hybridized carbons (Fsp3) is 0.333. The van der Waals surface area contributed by atoms with E-state index in [2.05, 4.69) is 75.1 Å². The molecule has 1 unspecified atom stereocenters. The quantitative estimate of drug-likeness (QED) is 0.849. The van der Waals surface area contributed by atoms with Crippen LogP contribution in [0.4, 0.5) is 0 Å². The minimum Gasteiger partial charge on any atom is -0.324 e. The fourth-order valence-corrected chi connectivity index (χ4v) is 5.40. The van der Waals surface area contributed by atoms with E-state index in [4.69, 9.17) is 5.73 Å². The Labute approximate surface area is 123 Å². The molecule has 2 heteroatoms. The molecule has 1 atom stereocenters. The number of benzene rings is 2. The minimum absolute atomic E-state index is 0.0824. The molecule has 2 aromatic carbocycles. The van der Waals surface area contributed by atoms with Gasteiger partial charge in [0.25, 0.3) is 0 Å². The van der Waals surface area contributed by atoms with Gasteiger partial charge in [-0.3, -0.25) is 0 Å². The monoisotopic (exact) mass is 283 g/mol. The molecule has 0 saturated heterocycles. The maximum Gasteiger partial charge on any atom is 0.0783 e. The van der Waals surface area contributed by atoms with E-state index < -0.39 is 8.07 Å². The highest BCUT2D eigenvalue weighted by molar-refractivity contribution is 6.89. The smallest absolute Gasteiger partial charge is 0.0783 e. The summed E-state index contributed by atoms with van der Waals surface area (Å²) in [6.45, 7) is 9.41. The lowest BCUT2D eigenvalue weighted by molar-refractivity contribution is 0.725. The summed E-state index contributed by atoms with van der Waals surface area (Å²) in [5.74, 6) is 0. The van der Waals surface area contributed by atoms with Crippen molar-refractivity contribution in [1.29, 1.82) is 0 Å². The lowest BCUT2D eigenvalue weighted by Crippen LogP contribution is -2.43. The van der Waals surface area contributed by atoms with E-state index in [0.29, 0.717) is 0 Å². The lowest BCUT2D eigenvalue weighted by Gasteiger charge is -2.26. The third kappa shape index (κ3) is 3.38. The van der Waals surface area contributed by atoms with Crippen molar-refractivity contribution in [1.82, 2.24) is 0 Å². The van der Waals surface area contributed by atoms with Crippen LogP contribution < -0.4 is 10.9 Å². The van der Waals surface area contributed by atoms with Gasteiger partial charge < -0.3 is 5.73 Å². The van der Waals surface area contributed by atoms with Crippen LogP contribution in [0.3, 0.4) is 0 Å². The number of aryl methyl sites for hydroxylation is 1. The van der Waals surface area contributed by atoms with Gasteiger partial charge in [-0.05, 0) is 24.5 Å². The van der Waals surface area contributed by atoms with E-state index in [1.807, 2.05) is 0 Å². The van der Waals surface area contributed by atoms with Gasteiger partial charge in [0.05, 0.1) is 8.07 Å². The van der Waals surface area contributed by atoms with Gasteiger partial charge in [0.15, 0.2) is 0 Å².